The molecule has 0 radical (unpaired) electrons. The molecule has 0 aliphatic heterocycles. The topological polar surface area (TPSA) is 58.6 Å². The summed E-state index contributed by atoms with van der Waals surface area (Å²) in [5.74, 6) is 0.347. The zero-order valence-electron chi connectivity index (χ0n) is 18.2. The van der Waals surface area contributed by atoms with Gasteiger partial charge < -0.3 is 15.0 Å². The summed E-state index contributed by atoms with van der Waals surface area (Å²) in [6.07, 6.45) is 4.33. The quantitative estimate of drug-likeness (QED) is 0.714. The van der Waals surface area contributed by atoms with Crippen molar-refractivity contribution in [3.63, 3.8) is 0 Å². The lowest BCUT2D eigenvalue weighted by Gasteiger charge is -2.30. The lowest BCUT2D eigenvalue weighted by atomic mass is 10.1. The Morgan fingerprint density at radius 1 is 1.07 bits per heavy atom. The van der Waals surface area contributed by atoms with E-state index in [9.17, 15) is 9.59 Å². The van der Waals surface area contributed by atoms with Crippen molar-refractivity contribution >= 4 is 11.8 Å². The van der Waals surface area contributed by atoms with Gasteiger partial charge in [0.1, 0.15) is 11.8 Å². The van der Waals surface area contributed by atoms with Crippen molar-refractivity contribution in [2.75, 3.05) is 6.61 Å². The van der Waals surface area contributed by atoms with Crippen molar-refractivity contribution in [2.24, 2.45) is 0 Å². The van der Waals surface area contributed by atoms with Crippen LogP contribution in [0.4, 0.5) is 0 Å². The van der Waals surface area contributed by atoms with Crippen LogP contribution in [0.5, 0.6) is 5.75 Å². The molecule has 1 N–H and O–H groups in total. The largest absolute Gasteiger partial charge is 0.484 e. The second-order valence-corrected chi connectivity index (χ2v) is 8.22. The molecule has 0 heterocycles. The minimum atomic E-state index is -0.570. The fourth-order valence-electron chi connectivity index (χ4n) is 3.81. The van der Waals surface area contributed by atoms with Crippen LogP contribution in [0.25, 0.3) is 0 Å². The van der Waals surface area contributed by atoms with Crippen molar-refractivity contribution in [1.29, 1.82) is 0 Å². The zero-order valence-corrected chi connectivity index (χ0v) is 18.2. The molecule has 0 unspecified atom stereocenters. The molecule has 0 saturated heterocycles. The Kier molecular flexibility index (Phi) is 7.50. The van der Waals surface area contributed by atoms with E-state index >= 15 is 0 Å². The van der Waals surface area contributed by atoms with Gasteiger partial charge in [-0.2, -0.15) is 0 Å². The Bertz CT molecular complexity index is 857. The van der Waals surface area contributed by atoms with Gasteiger partial charge in [0.05, 0.1) is 0 Å². The van der Waals surface area contributed by atoms with E-state index in [1.54, 1.807) is 11.8 Å². The van der Waals surface area contributed by atoms with Crippen LogP contribution in [0.2, 0.25) is 0 Å². The normalized spacial score (nSPS) is 14.9. The van der Waals surface area contributed by atoms with Gasteiger partial charge >= 0.3 is 0 Å². The minimum absolute atomic E-state index is 0.0980. The van der Waals surface area contributed by atoms with E-state index in [1.807, 2.05) is 62.4 Å². The van der Waals surface area contributed by atoms with E-state index in [-0.39, 0.29) is 24.5 Å². The van der Waals surface area contributed by atoms with Crippen LogP contribution < -0.4 is 10.1 Å². The number of hydrogen-bond acceptors (Lipinski definition) is 3. The smallest absolute Gasteiger partial charge is 0.261 e. The maximum atomic E-state index is 13.1. The molecule has 1 aliphatic carbocycles. The number of carbonyl (C=O) groups is 2. The molecular formula is C25H32N2O3. The van der Waals surface area contributed by atoms with Gasteiger partial charge in [-0.3, -0.25) is 9.59 Å². The van der Waals surface area contributed by atoms with E-state index in [2.05, 4.69) is 5.32 Å². The number of aryl methyl sites for hydroxylation is 2. The van der Waals surface area contributed by atoms with Gasteiger partial charge in [0.25, 0.3) is 5.91 Å². The first-order valence-electron chi connectivity index (χ1n) is 10.8. The van der Waals surface area contributed by atoms with E-state index in [0.29, 0.717) is 12.3 Å². The Morgan fingerprint density at radius 2 is 1.73 bits per heavy atom. The third-order valence-electron chi connectivity index (χ3n) is 5.85. The van der Waals surface area contributed by atoms with E-state index in [1.165, 1.54) is 0 Å². The number of hydrogen-bond donors (Lipinski definition) is 1. The van der Waals surface area contributed by atoms with Gasteiger partial charge in [-0.1, -0.05) is 54.8 Å². The molecule has 0 aromatic heterocycles. The first-order chi connectivity index (χ1) is 14.4. The summed E-state index contributed by atoms with van der Waals surface area (Å²) in [6.45, 7) is 6.10. The molecular weight excluding hydrogens is 376 g/mol. The van der Waals surface area contributed by atoms with Crippen LogP contribution >= 0.6 is 0 Å². The molecule has 1 fully saturated rings. The summed E-state index contributed by atoms with van der Waals surface area (Å²) in [4.78, 5) is 27.6. The molecule has 5 nitrogen and oxygen atoms in total. The first kappa shape index (κ1) is 21.9. The molecule has 0 bridgehead atoms. The number of nitrogens with zero attached hydrogens (tertiary/aromatic N) is 1. The highest BCUT2D eigenvalue weighted by Crippen LogP contribution is 2.19. The van der Waals surface area contributed by atoms with Gasteiger partial charge in [0, 0.05) is 12.6 Å². The van der Waals surface area contributed by atoms with Gasteiger partial charge in [0.15, 0.2) is 6.61 Å². The molecule has 2 amide bonds. The summed E-state index contributed by atoms with van der Waals surface area (Å²) in [5, 5.41) is 3.12. The summed E-state index contributed by atoms with van der Waals surface area (Å²) in [7, 11) is 0. The number of ether oxygens (including phenoxy) is 1. The number of rotatable bonds is 8. The van der Waals surface area contributed by atoms with Crippen LogP contribution in [-0.4, -0.2) is 35.4 Å². The summed E-state index contributed by atoms with van der Waals surface area (Å²) in [6, 6.07) is 15.2. The molecule has 30 heavy (non-hydrogen) atoms. The molecule has 1 atom stereocenters. The van der Waals surface area contributed by atoms with Crippen LogP contribution in [0, 0.1) is 13.8 Å². The molecule has 0 spiro atoms. The standard InChI is InChI=1S/C25H32N2O3/c1-18-12-14-23(15-13-18)30-17-24(28)27(16-21-9-5-4-8-19(21)2)20(3)25(29)26-22-10-6-7-11-22/h4-5,8-9,12-15,20,22H,6-7,10-11,16-17H2,1-3H3,(H,26,29)/t20-/m1/s1. The molecule has 1 aliphatic rings. The molecule has 2 aromatic rings. The van der Waals surface area contributed by atoms with Crippen LogP contribution in [-0.2, 0) is 16.1 Å². The SMILES string of the molecule is Cc1ccc(OCC(=O)N(Cc2ccccc2C)[C@H](C)C(=O)NC2CCCC2)cc1. The molecule has 5 heteroatoms. The number of amides is 2. The van der Waals surface area contributed by atoms with Crippen molar-refractivity contribution in [1.82, 2.24) is 10.2 Å². The minimum Gasteiger partial charge on any atom is -0.484 e. The van der Waals surface area contributed by atoms with Gasteiger partial charge in [-0.25, -0.2) is 0 Å². The van der Waals surface area contributed by atoms with E-state index in [4.69, 9.17) is 4.74 Å². The molecule has 2 aromatic carbocycles. The van der Waals surface area contributed by atoms with Gasteiger partial charge in [-0.05, 0) is 56.9 Å². The average molecular weight is 409 g/mol. The highest BCUT2D eigenvalue weighted by atomic mass is 16.5. The zero-order chi connectivity index (χ0) is 21.5. The monoisotopic (exact) mass is 408 g/mol. The van der Waals surface area contributed by atoms with Crippen LogP contribution in [0.1, 0.15) is 49.3 Å². The summed E-state index contributed by atoms with van der Waals surface area (Å²) < 4.78 is 5.71. The molecule has 1 saturated carbocycles. The third kappa shape index (κ3) is 5.85. The maximum Gasteiger partial charge on any atom is 0.261 e. The van der Waals surface area contributed by atoms with Crippen LogP contribution in [0.15, 0.2) is 48.5 Å². The second-order valence-electron chi connectivity index (χ2n) is 8.22. The predicted octanol–water partition coefficient (Wildman–Crippen LogP) is 4.16. The fourth-order valence-corrected chi connectivity index (χ4v) is 3.81. The number of benzene rings is 2. The Labute approximate surface area is 179 Å². The van der Waals surface area contributed by atoms with Crippen molar-refractivity contribution in [3.8, 4) is 5.75 Å². The van der Waals surface area contributed by atoms with E-state index in [0.717, 1.165) is 42.4 Å². The maximum absolute atomic E-state index is 13.1. The van der Waals surface area contributed by atoms with E-state index < -0.39 is 6.04 Å². The highest BCUT2D eigenvalue weighted by Gasteiger charge is 2.29. The van der Waals surface area contributed by atoms with Crippen molar-refractivity contribution in [2.45, 2.75) is 65.1 Å². The van der Waals surface area contributed by atoms with Crippen molar-refractivity contribution in [3.05, 3.63) is 65.2 Å². The third-order valence-corrected chi connectivity index (χ3v) is 5.85. The highest BCUT2D eigenvalue weighted by molar-refractivity contribution is 5.88. The Hall–Kier alpha value is -2.82. The Balaban J connectivity index is 1.71. The predicted molar refractivity (Wildman–Crippen MR) is 118 cm³/mol. The van der Waals surface area contributed by atoms with Crippen LogP contribution in [0.3, 0.4) is 0 Å². The lowest BCUT2D eigenvalue weighted by molar-refractivity contribution is -0.142. The second kappa shape index (κ2) is 10.3. The molecule has 3 rings (SSSR count). The Morgan fingerprint density at radius 3 is 2.40 bits per heavy atom. The molecule has 160 valence electrons. The summed E-state index contributed by atoms with van der Waals surface area (Å²) in [5.41, 5.74) is 3.26. The van der Waals surface area contributed by atoms with Crippen molar-refractivity contribution < 1.29 is 14.3 Å². The number of nitrogens with one attached hydrogen (secondary N) is 1. The first-order valence-corrected chi connectivity index (χ1v) is 10.8. The summed E-state index contributed by atoms with van der Waals surface area (Å²) >= 11 is 0. The average Bonchev–Trinajstić information content (AvgIpc) is 3.25. The fraction of sp³-hybridized carbons (Fsp3) is 0.440. The van der Waals surface area contributed by atoms with Gasteiger partial charge in [-0.15, -0.1) is 0 Å². The lowest BCUT2D eigenvalue weighted by Crippen LogP contribution is -2.50. The number of carbonyl (C=O) groups excluding carboxylic acids is 2. The van der Waals surface area contributed by atoms with Gasteiger partial charge in [0.2, 0.25) is 5.91 Å².